The highest BCUT2D eigenvalue weighted by Crippen LogP contribution is 2.28. The Morgan fingerprint density at radius 1 is 0.808 bits per heavy atom. The summed E-state index contributed by atoms with van der Waals surface area (Å²) in [6.07, 6.45) is -0.210. The molecule has 0 heterocycles. The Hall–Kier alpha value is -2.62. The molecule has 138 valence electrons. The Kier molecular flexibility index (Phi) is 6.56. The second-order valence-electron chi connectivity index (χ2n) is 7.21. The first-order chi connectivity index (χ1) is 12.3. The van der Waals surface area contributed by atoms with E-state index >= 15 is 0 Å². The van der Waals surface area contributed by atoms with Crippen molar-refractivity contribution in [3.8, 4) is 0 Å². The van der Waals surface area contributed by atoms with Gasteiger partial charge in [-0.2, -0.15) is 0 Å². The van der Waals surface area contributed by atoms with Crippen molar-refractivity contribution in [3.05, 3.63) is 59.2 Å². The second kappa shape index (κ2) is 8.65. The van der Waals surface area contributed by atoms with Gasteiger partial charge in [-0.3, -0.25) is 9.59 Å². The molecule has 0 saturated carbocycles. The Morgan fingerprint density at radius 3 is 2.04 bits per heavy atom. The number of rotatable bonds is 6. The maximum absolute atomic E-state index is 12.4. The van der Waals surface area contributed by atoms with Crippen molar-refractivity contribution in [3.63, 3.8) is 0 Å². The van der Waals surface area contributed by atoms with Gasteiger partial charge in [-0.25, -0.2) is 0 Å². The van der Waals surface area contributed by atoms with Crippen molar-refractivity contribution in [1.82, 2.24) is 0 Å². The molecule has 4 heteroatoms. The number of amides is 2. The van der Waals surface area contributed by atoms with Gasteiger partial charge in [0.1, 0.15) is 6.42 Å². The molecule has 0 aliphatic carbocycles. The Morgan fingerprint density at radius 2 is 1.38 bits per heavy atom. The van der Waals surface area contributed by atoms with Crippen LogP contribution in [-0.2, 0) is 9.59 Å². The normalized spacial score (nSPS) is 10.9. The van der Waals surface area contributed by atoms with Gasteiger partial charge in [-0.1, -0.05) is 64.1 Å². The number of carbonyl (C=O) groups is 2. The highest BCUT2D eigenvalue weighted by atomic mass is 16.2. The van der Waals surface area contributed by atoms with E-state index < -0.39 is 0 Å². The topological polar surface area (TPSA) is 58.2 Å². The van der Waals surface area contributed by atoms with E-state index in [1.54, 1.807) is 0 Å². The van der Waals surface area contributed by atoms with Crippen LogP contribution >= 0.6 is 0 Å². The number of carbonyl (C=O) groups excluding carboxylic acids is 2. The molecule has 0 bridgehead atoms. The summed E-state index contributed by atoms with van der Waals surface area (Å²) in [7, 11) is 0. The zero-order valence-electron chi connectivity index (χ0n) is 16.2. The first-order valence-electron chi connectivity index (χ1n) is 9.07. The molecule has 26 heavy (non-hydrogen) atoms. The van der Waals surface area contributed by atoms with Gasteiger partial charge in [0.2, 0.25) is 11.8 Å². The molecule has 4 nitrogen and oxygen atoms in total. The van der Waals surface area contributed by atoms with Crippen molar-refractivity contribution < 1.29 is 9.59 Å². The summed E-state index contributed by atoms with van der Waals surface area (Å²) in [5, 5.41) is 5.78. The predicted molar refractivity (Wildman–Crippen MR) is 108 cm³/mol. The third-order valence-electron chi connectivity index (χ3n) is 4.37. The van der Waals surface area contributed by atoms with E-state index in [4.69, 9.17) is 0 Å². The molecule has 2 amide bonds. The third-order valence-corrected chi connectivity index (χ3v) is 4.37. The maximum atomic E-state index is 12.4. The highest BCUT2D eigenvalue weighted by molar-refractivity contribution is 6.08. The molecule has 0 spiro atoms. The summed E-state index contributed by atoms with van der Waals surface area (Å²) in [6.45, 7) is 10.3. The number of nitrogens with one attached hydrogen (secondary N) is 2. The number of anilines is 2. The van der Waals surface area contributed by atoms with Crippen molar-refractivity contribution in [2.45, 2.75) is 52.9 Å². The van der Waals surface area contributed by atoms with Crippen molar-refractivity contribution in [2.24, 2.45) is 0 Å². The van der Waals surface area contributed by atoms with Crippen LogP contribution in [0.4, 0.5) is 11.4 Å². The van der Waals surface area contributed by atoms with E-state index in [1.165, 1.54) is 0 Å². The molecule has 0 unspecified atom stereocenters. The standard InChI is InChI=1S/C22H28N2O2/c1-14(2)17-10-6-7-12-19(17)23-20(25)13-21(26)24-22-16(5)9-8-11-18(22)15(3)4/h6-12,14-15H,13H2,1-5H3,(H,23,25)(H,24,26). The molecule has 0 radical (unpaired) electrons. The van der Waals surface area contributed by atoms with Gasteiger partial charge in [0, 0.05) is 11.4 Å². The first kappa shape index (κ1) is 19.7. The zero-order valence-corrected chi connectivity index (χ0v) is 16.2. The molecule has 0 aromatic heterocycles. The second-order valence-corrected chi connectivity index (χ2v) is 7.21. The smallest absolute Gasteiger partial charge is 0.233 e. The highest BCUT2D eigenvalue weighted by Gasteiger charge is 2.16. The molecule has 2 aromatic rings. The minimum Gasteiger partial charge on any atom is -0.325 e. The molecule has 2 N–H and O–H groups in total. The van der Waals surface area contributed by atoms with Crippen LogP contribution in [0.25, 0.3) is 0 Å². The lowest BCUT2D eigenvalue weighted by molar-refractivity contribution is -0.123. The number of benzene rings is 2. The molecule has 0 saturated heterocycles. The van der Waals surface area contributed by atoms with Crippen molar-refractivity contribution >= 4 is 23.2 Å². The molecule has 2 rings (SSSR count). The van der Waals surface area contributed by atoms with Gasteiger partial charge in [0.25, 0.3) is 0 Å². The summed E-state index contributed by atoms with van der Waals surface area (Å²) in [5.41, 5.74) is 4.70. The first-order valence-corrected chi connectivity index (χ1v) is 9.07. The lowest BCUT2D eigenvalue weighted by Crippen LogP contribution is -2.23. The van der Waals surface area contributed by atoms with E-state index in [0.29, 0.717) is 5.92 Å². The Balaban J connectivity index is 2.06. The number of aryl methyl sites for hydroxylation is 1. The summed E-state index contributed by atoms with van der Waals surface area (Å²) < 4.78 is 0. The fourth-order valence-corrected chi connectivity index (χ4v) is 2.98. The minimum atomic E-state index is -0.310. The van der Waals surface area contributed by atoms with Gasteiger partial charge < -0.3 is 10.6 Å². The zero-order chi connectivity index (χ0) is 19.3. The lowest BCUT2D eigenvalue weighted by Gasteiger charge is -2.17. The average molecular weight is 352 g/mol. The van der Waals surface area contributed by atoms with Crippen LogP contribution < -0.4 is 10.6 Å². The average Bonchev–Trinajstić information content (AvgIpc) is 2.56. The molecule has 0 fully saturated rings. The van der Waals surface area contributed by atoms with Crippen LogP contribution in [-0.4, -0.2) is 11.8 Å². The fourth-order valence-electron chi connectivity index (χ4n) is 2.98. The van der Waals surface area contributed by atoms with Gasteiger partial charge >= 0.3 is 0 Å². The van der Waals surface area contributed by atoms with Crippen LogP contribution in [0.3, 0.4) is 0 Å². The van der Waals surface area contributed by atoms with Crippen LogP contribution in [0, 0.1) is 6.92 Å². The van der Waals surface area contributed by atoms with Gasteiger partial charge in [0.15, 0.2) is 0 Å². The summed E-state index contributed by atoms with van der Waals surface area (Å²) >= 11 is 0. The molecule has 0 atom stereocenters. The van der Waals surface area contributed by atoms with Gasteiger partial charge in [-0.15, -0.1) is 0 Å². The minimum absolute atomic E-state index is 0.210. The van der Waals surface area contributed by atoms with Crippen LogP contribution in [0.5, 0.6) is 0 Å². The monoisotopic (exact) mass is 352 g/mol. The van der Waals surface area contributed by atoms with Crippen LogP contribution in [0.15, 0.2) is 42.5 Å². The summed E-state index contributed by atoms with van der Waals surface area (Å²) in [6, 6.07) is 13.6. The van der Waals surface area contributed by atoms with E-state index in [1.807, 2.05) is 49.4 Å². The molecular weight excluding hydrogens is 324 g/mol. The van der Waals surface area contributed by atoms with Crippen LogP contribution in [0.2, 0.25) is 0 Å². The molecule has 0 aliphatic heterocycles. The van der Waals surface area contributed by atoms with E-state index in [-0.39, 0.29) is 24.2 Å². The van der Waals surface area contributed by atoms with E-state index in [2.05, 4.69) is 38.3 Å². The Bertz CT molecular complexity index is 794. The van der Waals surface area contributed by atoms with Crippen LogP contribution in [0.1, 0.15) is 62.6 Å². The molecular formula is C22H28N2O2. The number of hydrogen-bond donors (Lipinski definition) is 2. The maximum Gasteiger partial charge on any atom is 0.233 e. The van der Waals surface area contributed by atoms with Crippen molar-refractivity contribution in [2.75, 3.05) is 10.6 Å². The summed E-state index contributed by atoms with van der Waals surface area (Å²) in [4.78, 5) is 24.7. The molecule has 2 aromatic carbocycles. The fraction of sp³-hybridized carbons (Fsp3) is 0.364. The van der Waals surface area contributed by atoms with Gasteiger partial charge in [-0.05, 0) is 41.5 Å². The SMILES string of the molecule is Cc1cccc(C(C)C)c1NC(=O)CC(=O)Nc1ccccc1C(C)C. The van der Waals surface area contributed by atoms with Crippen molar-refractivity contribution in [1.29, 1.82) is 0 Å². The lowest BCUT2D eigenvalue weighted by atomic mass is 9.98. The van der Waals surface area contributed by atoms with E-state index in [0.717, 1.165) is 28.1 Å². The predicted octanol–water partition coefficient (Wildman–Crippen LogP) is 5.21. The number of hydrogen-bond acceptors (Lipinski definition) is 2. The quantitative estimate of drug-likeness (QED) is 0.701. The largest absolute Gasteiger partial charge is 0.325 e. The summed E-state index contributed by atoms with van der Waals surface area (Å²) in [5.74, 6) is -0.0335. The third kappa shape index (κ3) is 4.94. The molecule has 0 aliphatic rings. The van der Waals surface area contributed by atoms with E-state index in [9.17, 15) is 9.59 Å². The van der Waals surface area contributed by atoms with Gasteiger partial charge in [0.05, 0.1) is 0 Å². The number of para-hydroxylation sites is 2. The Labute approximate surface area is 156 Å².